The first kappa shape index (κ1) is 41.1. The van der Waals surface area contributed by atoms with Gasteiger partial charge in [0.2, 0.25) is 23.6 Å². The van der Waals surface area contributed by atoms with E-state index >= 15 is 0 Å². The molecule has 280 valence electrons. The smallest absolute Gasteiger partial charge is 0.326 e. The standard InChI is InChI=1S/C38H60N4O7S/c1-2-3-4-5-6-7-8-9-10-11-12-13-14-19-35(45)42-25-15-17-31(50-42)27-36(46)41-24-16-18-33(41)37(47)39-28-34(44)40-32(38(48)49)26-29-20-22-30(43)23-21-29/h20-23,31-33,43H,2-19,24-28H2,1H3,(H,39,47)(H,40,44)(H,48,49)/t31?,32-,33-/m0/s1. The van der Waals surface area contributed by atoms with Gasteiger partial charge >= 0.3 is 5.97 Å². The van der Waals surface area contributed by atoms with Gasteiger partial charge in [-0.1, -0.05) is 96.1 Å². The maximum atomic E-state index is 13.3. The Morgan fingerprint density at radius 2 is 1.42 bits per heavy atom. The zero-order chi connectivity index (χ0) is 36.1. The van der Waals surface area contributed by atoms with Gasteiger partial charge in [-0.2, -0.15) is 0 Å². The third kappa shape index (κ3) is 15.3. The lowest BCUT2D eigenvalue weighted by atomic mass is 10.0. The van der Waals surface area contributed by atoms with Gasteiger partial charge in [0.05, 0.1) is 6.54 Å². The number of carbonyl (C=O) groups is 5. The molecule has 0 saturated carbocycles. The molecule has 3 atom stereocenters. The summed E-state index contributed by atoms with van der Waals surface area (Å²) in [5, 5.41) is 24.0. The van der Waals surface area contributed by atoms with Crippen LogP contribution < -0.4 is 10.6 Å². The molecule has 4 N–H and O–H groups in total. The summed E-state index contributed by atoms with van der Waals surface area (Å²) in [6.07, 6.45) is 20.1. The monoisotopic (exact) mass is 716 g/mol. The van der Waals surface area contributed by atoms with E-state index in [-0.39, 0.29) is 35.7 Å². The van der Waals surface area contributed by atoms with Gasteiger partial charge in [-0.25, -0.2) is 4.79 Å². The lowest BCUT2D eigenvalue weighted by Crippen LogP contribution is -2.50. The summed E-state index contributed by atoms with van der Waals surface area (Å²) in [6, 6.07) is 4.14. The molecule has 2 aliphatic heterocycles. The number of aliphatic carboxylic acids is 1. The molecule has 2 fully saturated rings. The molecule has 1 unspecified atom stereocenters. The normalized spacial score (nSPS) is 18.1. The van der Waals surface area contributed by atoms with Crippen LogP contribution >= 0.6 is 11.9 Å². The summed E-state index contributed by atoms with van der Waals surface area (Å²) in [7, 11) is 0. The summed E-state index contributed by atoms with van der Waals surface area (Å²) in [5.74, 6) is -2.25. The number of nitrogens with one attached hydrogen (secondary N) is 2. The summed E-state index contributed by atoms with van der Waals surface area (Å²) < 4.78 is 1.83. The maximum Gasteiger partial charge on any atom is 0.326 e. The molecule has 50 heavy (non-hydrogen) atoms. The van der Waals surface area contributed by atoms with Crippen molar-refractivity contribution >= 4 is 41.5 Å². The van der Waals surface area contributed by atoms with Crippen LogP contribution in [0.1, 0.15) is 134 Å². The Morgan fingerprint density at radius 3 is 2.04 bits per heavy atom. The first-order valence-corrected chi connectivity index (χ1v) is 19.9. The molecule has 0 spiro atoms. The predicted octanol–water partition coefficient (Wildman–Crippen LogP) is 6.12. The van der Waals surface area contributed by atoms with E-state index in [0.29, 0.717) is 37.9 Å². The van der Waals surface area contributed by atoms with E-state index in [1.165, 1.54) is 94.7 Å². The summed E-state index contributed by atoms with van der Waals surface area (Å²) in [4.78, 5) is 65.1. The Hall–Kier alpha value is -3.28. The van der Waals surface area contributed by atoms with Crippen LogP contribution in [0.2, 0.25) is 0 Å². The van der Waals surface area contributed by atoms with E-state index in [2.05, 4.69) is 17.6 Å². The minimum Gasteiger partial charge on any atom is -0.508 e. The first-order valence-electron chi connectivity index (χ1n) is 19.0. The molecule has 0 aliphatic carbocycles. The number of rotatable bonds is 23. The number of phenols is 1. The van der Waals surface area contributed by atoms with Crippen LogP contribution in [0.5, 0.6) is 5.75 Å². The number of phenolic OH excluding ortho intramolecular Hbond substituents is 1. The number of carboxylic acids is 1. The Balaban J connectivity index is 1.31. The number of hydrogen-bond donors (Lipinski definition) is 4. The number of carbonyl (C=O) groups excluding carboxylic acids is 4. The van der Waals surface area contributed by atoms with Crippen LogP contribution in [0.3, 0.4) is 0 Å². The van der Waals surface area contributed by atoms with Crippen molar-refractivity contribution in [3.63, 3.8) is 0 Å². The minimum atomic E-state index is -1.22. The topological polar surface area (TPSA) is 156 Å². The van der Waals surface area contributed by atoms with Crippen molar-refractivity contribution in [3.05, 3.63) is 29.8 Å². The number of unbranched alkanes of at least 4 members (excludes halogenated alkanes) is 12. The van der Waals surface area contributed by atoms with Crippen LogP contribution in [-0.4, -0.2) is 86.0 Å². The third-order valence-corrected chi connectivity index (χ3v) is 11.0. The van der Waals surface area contributed by atoms with Gasteiger partial charge in [-0.15, -0.1) is 0 Å². The third-order valence-electron chi connectivity index (χ3n) is 9.65. The van der Waals surface area contributed by atoms with E-state index in [0.717, 1.165) is 25.7 Å². The Bertz CT molecular complexity index is 1210. The molecule has 0 radical (unpaired) electrons. The van der Waals surface area contributed by atoms with Crippen LogP contribution in [0.4, 0.5) is 0 Å². The maximum absolute atomic E-state index is 13.3. The molecule has 0 bridgehead atoms. The predicted molar refractivity (Wildman–Crippen MR) is 196 cm³/mol. The van der Waals surface area contributed by atoms with Gasteiger partial charge < -0.3 is 25.7 Å². The van der Waals surface area contributed by atoms with Crippen LogP contribution in [0.25, 0.3) is 0 Å². The van der Waals surface area contributed by atoms with Gasteiger partial charge in [0.25, 0.3) is 0 Å². The van der Waals surface area contributed by atoms with Gasteiger partial charge in [-0.3, -0.25) is 23.5 Å². The van der Waals surface area contributed by atoms with Crippen molar-refractivity contribution in [2.24, 2.45) is 0 Å². The SMILES string of the molecule is CCCCCCCCCCCCCCCC(=O)N1CCCC(CC(=O)N2CCC[C@H]2C(=O)NCC(=O)N[C@@H](Cc2ccc(O)cc2)C(=O)O)S1. The molecule has 1 aromatic carbocycles. The number of hydrogen-bond acceptors (Lipinski definition) is 7. The fraction of sp³-hybridized carbons (Fsp3) is 0.711. The van der Waals surface area contributed by atoms with Gasteiger partial charge in [0.15, 0.2) is 0 Å². The van der Waals surface area contributed by atoms with Gasteiger partial charge in [0.1, 0.15) is 17.8 Å². The van der Waals surface area contributed by atoms with E-state index in [9.17, 15) is 34.2 Å². The van der Waals surface area contributed by atoms with Crippen molar-refractivity contribution < 1.29 is 34.2 Å². The quantitative estimate of drug-likeness (QED) is 0.0780. The second kappa shape index (κ2) is 23.2. The number of benzene rings is 1. The second-order valence-corrected chi connectivity index (χ2v) is 15.2. The lowest BCUT2D eigenvalue weighted by molar-refractivity contribution is -0.142. The molecular formula is C38H60N4O7S. The molecule has 3 rings (SSSR count). The number of nitrogens with zero attached hydrogens (tertiary/aromatic N) is 2. The average Bonchev–Trinajstić information content (AvgIpc) is 3.60. The highest BCUT2D eigenvalue weighted by atomic mass is 32.2. The molecule has 2 saturated heterocycles. The number of aromatic hydroxyl groups is 1. The molecular weight excluding hydrogens is 657 g/mol. The molecule has 0 aromatic heterocycles. The van der Waals surface area contributed by atoms with Crippen molar-refractivity contribution in [1.29, 1.82) is 0 Å². The molecule has 2 heterocycles. The highest BCUT2D eigenvalue weighted by Crippen LogP contribution is 2.32. The Labute approximate surface area is 302 Å². The zero-order valence-corrected chi connectivity index (χ0v) is 30.9. The zero-order valence-electron chi connectivity index (χ0n) is 30.0. The average molecular weight is 717 g/mol. The lowest BCUT2D eigenvalue weighted by Gasteiger charge is -2.32. The Kier molecular flexibility index (Phi) is 19.1. The summed E-state index contributed by atoms with van der Waals surface area (Å²) >= 11 is 1.47. The first-order chi connectivity index (χ1) is 24.2. The van der Waals surface area contributed by atoms with E-state index < -0.39 is 36.4 Å². The molecule has 1 aromatic rings. The number of likely N-dealkylation sites (tertiary alicyclic amines) is 1. The van der Waals surface area contributed by atoms with Gasteiger partial charge in [-0.05, 0) is 61.7 Å². The second-order valence-electron chi connectivity index (χ2n) is 13.9. The van der Waals surface area contributed by atoms with Crippen LogP contribution in [-0.2, 0) is 30.4 Å². The molecule has 12 heteroatoms. The molecule has 4 amide bonds. The van der Waals surface area contributed by atoms with Crippen molar-refractivity contribution in [2.45, 2.75) is 153 Å². The van der Waals surface area contributed by atoms with Crippen molar-refractivity contribution in [2.75, 3.05) is 19.6 Å². The fourth-order valence-electron chi connectivity index (χ4n) is 6.74. The van der Waals surface area contributed by atoms with E-state index in [1.807, 2.05) is 4.31 Å². The van der Waals surface area contributed by atoms with E-state index in [4.69, 9.17) is 0 Å². The summed E-state index contributed by atoms with van der Waals surface area (Å²) in [5.41, 5.74) is 0.623. The summed E-state index contributed by atoms with van der Waals surface area (Å²) in [6.45, 7) is 2.99. The van der Waals surface area contributed by atoms with Crippen molar-refractivity contribution in [3.8, 4) is 5.75 Å². The van der Waals surface area contributed by atoms with E-state index in [1.54, 1.807) is 17.0 Å². The van der Waals surface area contributed by atoms with Crippen LogP contribution in [0, 0.1) is 0 Å². The molecule has 11 nitrogen and oxygen atoms in total. The highest BCUT2D eigenvalue weighted by Gasteiger charge is 2.36. The van der Waals surface area contributed by atoms with Crippen LogP contribution in [0.15, 0.2) is 24.3 Å². The minimum absolute atomic E-state index is 0.0157. The van der Waals surface area contributed by atoms with Crippen molar-refractivity contribution in [1.82, 2.24) is 19.8 Å². The number of amides is 4. The fourth-order valence-corrected chi connectivity index (χ4v) is 8.03. The Morgan fingerprint density at radius 1 is 0.820 bits per heavy atom. The molecule has 2 aliphatic rings. The number of carboxylic acid groups (broad SMARTS) is 1. The highest BCUT2D eigenvalue weighted by molar-refractivity contribution is 7.98. The largest absolute Gasteiger partial charge is 0.508 e. The van der Waals surface area contributed by atoms with Gasteiger partial charge in [0, 0.05) is 37.6 Å².